The molecule has 0 aromatic heterocycles. The third kappa shape index (κ3) is 3.36. The Kier molecular flexibility index (Phi) is 4.13. The number of benzene rings is 2. The first-order valence-electron chi connectivity index (χ1n) is 7.06. The first kappa shape index (κ1) is 14.4. The van der Waals surface area contributed by atoms with E-state index in [9.17, 15) is 4.39 Å². The Labute approximate surface area is 128 Å². The zero-order valence-corrected chi connectivity index (χ0v) is 12.5. The molecule has 0 bridgehead atoms. The van der Waals surface area contributed by atoms with E-state index < -0.39 is 0 Å². The number of nitrogens with one attached hydrogen (secondary N) is 1. The molecule has 2 nitrogen and oxygen atoms in total. The van der Waals surface area contributed by atoms with Crippen LogP contribution in [0.15, 0.2) is 42.5 Å². The lowest BCUT2D eigenvalue weighted by Crippen LogP contribution is -2.19. The fraction of sp³-hybridized carbons (Fsp3) is 0.294. The smallest absolute Gasteiger partial charge is 0.129 e. The summed E-state index contributed by atoms with van der Waals surface area (Å²) in [5.41, 5.74) is 1.54. The van der Waals surface area contributed by atoms with Crippen LogP contribution in [0, 0.1) is 5.82 Å². The van der Waals surface area contributed by atoms with Crippen LogP contribution in [-0.4, -0.2) is 13.2 Å². The minimum absolute atomic E-state index is 0.231. The number of hydrogen-bond donors (Lipinski definition) is 1. The molecule has 1 aliphatic rings. The Morgan fingerprint density at radius 2 is 2.05 bits per heavy atom. The molecule has 3 rings (SSSR count). The van der Waals surface area contributed by atoms with Gasteiger partial charge in [0.15, 0.2) is 0 Å². The first-order chi connectivity index (χ1) is 10.2. The predicted molar refractivity (Wildman–Crippen MR) is 82.4 cm³/mol. The van der Waals surface area contributed by atoms with Gasteiger partial charge in [-0.15, -0.1) is 0 Å². The normalized spacial score (nSPS) is 15.8. The van der Waals surface area contributed by atoms with Gasteiger partial charge < -0.3 is 10.1 Å². The van der Waals surface area contributed by atoms with E-state index in [4.69, 9.17) is 16.3 Å². The molecular formula is C17H17ClFNO. The van der Waals surface area contributed by atoms with Crippen LogP contribution in [0.2, 0.25) is 5.02 Å². The van der Waals surface area contributed by atoms with Gasteiger partial charge in [0.05, 0.1) is 12.1 Å². The van der Waals surface area contributed by atoms with Crippen LogP contribution in [0.25, 0.3) is 0 Å². The lowest BCUT2D eigenvalue weighted by molar-refractivity contribution is 0.302. The van der Waals surface area contributed by atoms with Crippen molar-refractivity contribution in [2.24, 2.45) is 0 Å². The highest BCUT2D eigenvalue weighted by molar-refractivity contribution is 6.30. The first-order valence-corrected chi connectivity index (χ1v) is 7.44. The Morgan fingerprint density at radius 1 is 1.24 bits per heavy atom. The molecule has 1 unspecified atom stereocenters. The molecule has 1 aliphatic carbocycles. The van der Waals surface area contributed by atoms with Crippen LogP contribution < -0.4 is 10.1 Å². The van der Waals surface area contributed by atoms with Gasteiger partial charge in [0, 0.05) is 10.6 Å². The summed E-state index contributed by atoms with van der Waals surface area (Å²) in [5, 5.41) is 3.55. The molecule has 0 saturated heterocycles. The third-order valence-electron chi connectivity index (χ3n) is 3.58. The Bertz CT molecular complexity index is 642. The summed E-state index contributed by atoms with van der Waals surface area (Å²) in [6.07, 6.45) is 2.58. The molecule has 1 atom stereocenters. The summed E-state index contributed by atoms with van der Waals surface area (Å²) >= 11 is 5.82. The largest absolute Gasteiger partial charge is 0.490 e. The zero-order chi connectivity index (χ0) is 14.8. The van der Waals surface area contributed by atoms with Gasteiger partial charge in [-0.25, -0.2) is 4.39 Å². The molecule has 0 spiro atoms. The molecule has 110 valence electrons. The van der Waals surface area contributed by atoms with Gasteiger partial charge in [0.2, 0.25) is 0 Å². The predicted octanol–water partition coefficient (Wildman–Crippen LogP) is 4.33. The van der Waals surface area contributed by atoms with E-state index in [1.165, 1.54) is 6.07 Å². The van der Waals surface area contributed by atoms with Gasteiger partial charge in [-0.3, -0.25) is 0 Å². The summed E-state index contributed by atoms with van der Waals surface area (Å²) in [7, 11) is 1.81. The highest BCUT2D eigenvalue weighted by Crippen LogP contribution is 2.31. The summed E-state index contributed by atoms with van der Waals surface area (Å²) in [5.74, 6) is 0.528. The van der Waals surface area contributed by atoms with Crippen LogP contribution in [0.4, 0.5) is 4.39 Å². The maximum Gasteiger partial charge on any atom is 0.129 e. The molecule has 1 saturated carbocycles. The quantitative estimate of drug-likeness (QED) is 0.888. The summed E-state index contributed by atoms with van der Waals surface area (Å²) in [4.78, 5) is 0. The van der Waals surface area contributed by atoms with Crippen molar-refractivity contribution < 1.29 is 9.13 Å². The van der Waals surface area contributed by atoms with E-state index in [-0.39, 0.29) is 11.9 Å². The van der Waals surface area contributed by atoms with E-state index in [0.29, 0.717) is 16.7 Å². The lowest BCUT2D eigenvalue weighted by atomic mass is 9.98. The Morgan fingerprint density at radius 3 is 2.71 bits per heavy atom. The Balaban J connectivity index is 1.91. The molecule has 0 heterocycles. The second-order valence-electron chi connectivity index (χ2n) is 5.28. The molecule has 4 heteroatoms. The summed E-state index contributed by atoms with van der Waals surface area (Å²) in [6.45, 7) is 0. The second-order valence-corrected chi connectivity index (χ2v) is 5.71. The molecule has 0 radical (unpaired) electrons. The van der Waals surface area contributed by atoms with Crippen molar-refractivity contribution in [1.82, 2.24) is 5.32 Å². The average molecular weight is 306 g/mol. The Hall–Kier alpha value is -1.58. The van der Waals surface area contributed by atoms with Gasteiger partial charge in [0.1, 0.15) is 11.6 Å². The van der Waals surface area contributed by atoms with Crippen LogP contribution in [0.3, 0.4) is 0 Å². The summed E-state index contributed by atoms with van der Waals surface area (Å²) < 4.78 is 19.9. The minimum Gasteiger partial charge on any atom is -0.490 e. The SMILES string of the molecule is CNC(c1cccc(OC2CC2)c1)c1ccc(Cl)cc1F. The van der Waals surface area contributed by atoms with E-state index in [0.717, 1.165) is 24.2 Å². The molecule has 21 heavy (non-hydrogen) atoms. The van der Waals surface area contributed by atoms with Crippen molar-refractivity contribution in [3.63, 3.8) is 0 Å². The van der Waals surface area contributed by atoms with Crippen molar-refractivity contribution >= 4 is 11.6 Å². The molecular weight excluding hydrogens is 289 g/mol. The van der Waals surface area contributed by atoms with Crippen LogP contribution >= 0.6 is 11.6 Å². The number of ether oxygens (including phenoxy) is 1. The van der Waals surface area contributed by atoms with Gasteiger partial charge in [0.25, 0.3) is 0 Å². The van der Waals surface area contributed by atoms with Crippen LogP contribution in [0.1, 0.15) is 30.0 Å². The van der Waals surface area contributed by atoms with Gasteiger partial charge in [-0.1, -0.05) is 29.8 Å². The molecule has 2 aromatic carbocycles. The van der Waals surface area contributed by atoms with Crippen molar-refractivity contribution in [2.45, 2.75) is 25.0 Å². The van der Waals surface area contributed by atoms with Gasteiger partial charge in [-0.2, -0.15) is 0 Å². The van der Waals surface area contributed by atoms with Gasteiger partial charge >= 0.3 is 0 Å². The van der Waals surface area contributed by atoms with Crippen LogP contribution in [-0.2, 0) is 0 Å². The average Bonchev–Trinajstić information content (AvgIpc) is 3.26. The fourth-order valence-electron chi connectivity index (χ4n) is 2.38. The monoisotopic (exact) mass is 305 g/mol. The minimum atomic E-state index is -0.310. The van der Waals surface area contributed by atoms with Crippen molar-refractivity contribution in [3.8, 4) is 5.75 Å². The molecule has 0 amide bonds. The summed E-state index contributed by atoms with van der Waals surface area (Å²) in [6, 6.07) is 12.3. The second kappa shape index (κ2) is 6.04. The fourth-order valence-corrected chi connectivity index (χ4v) is 2.54. The van der Waals surface area contributed by atoms with E-state index in [1.807, 2.05) is 31.3 Å². The topological polar surface area (TPSA) is 21.3 Å². The number of rotatable bonds is 5. The maximum atomic E-state index is 14.1. The highest BCUT2D eigenvalue weighted by atomic mass is 35.5. The highest BCUT2D eigenvalue weighted by Gasteiger charge is 2.24. The molecule has 1 fully saturated rings. The van der Waals surface area contributed by atoms with Crippen molar-refractivity contribution in [2.75, 3.05) is 7.05 Å². The zero-order valence-electron chi connectivity index (χ0n) is 11.8. The number of halogens is 2. The van der Waals surface area contributed by atoms with Gasteiger partial charge in [-0.05, 0) is 49.7 Å². The van der Waals surface area contributed by atoms with E-state index >= 15 is 0 Å². The van der Waals surface area contributed by atoms with Crippen molar-refractivity contribution in [1.29, 1.82) is 0 Å². The van der Waals surface area contributed by atoms with Crippen LogP contribution in [0.5, 0.6) is 5.75 Å². The maximum absolute atomic E-state index is 14.1. The van der Waals surface area contributed by atoms with Crippen molar-refractivity contribution in [3.05, 3.63) is 64.4 Å². The molecule has 1 N–H and O–H groups in total. The molecule has 0 aliphatic heterocycles. The number of hydrogen-bond acceptors (Lipinski definition) is 2. The third-order valence-corrected chi connectivity index (χ3v) is 3.82. The van der Waals surface area contributed by atoms with E-state index in [1.54, 1.807) is 12.1 Å². The lowest BCUT2D eigenvalue weighted by Gasteiger charge is -2.19. The van der Waals surface area contributed by atoms with E-state index in [2.05, 4.69) is 5.32 Å². The molecule has 2 aromatic rings. The standard InChI is InChI=1S/C17H17ClFNO/c1-20-17(15-8-5-12(18)10-16(15)19)11-3-2-4-14(9-11)21-13-6-7-13/h2-5,8-10,13,17,20H,6-7H2,1H3.